The predicted octanol–water partition coefficient (Wildman–Crippen LogP) is 0.787. The molecule has 1 rings (SSSR count). The van der Waals surface area contributed by atoms with Crippen LogP contribution in [0.3, 0.4) is 0 Å². The van der Waals surface area contributed by atoms with Crippen LogP contribution in [0.2, 0.25) is 0 Å². The van der Waals surface area contributed by atoms with Crippen molar-refractivity contribution in [1.29, 1.82) is 5.26 Å². The lowest BCUT2D eigenvalue weighted by molar-refractivity contribution is 0.279. The number of rotatable bonds is 3. The molecule has 0 heterocycles. The van der Waals surface area contributed by atoms with E-state index in [4.69, 9.17) is 20.2 Å². The molecule has 0 saturated heterocycles. The summed E-state index contributed by atoms with van der Waals surface area (Å²) in [5.74, 6) is 0.394. The molecule has 0 aliphatic heterocycles. The summed E-state index contributed by atoms with van der Waals surface area (Å²) in [7, 11) is 0. The Morgan fingerprint density at radius 1 is 1.38 bits per heavy atom. The van der Waals surface area contributed by atoms with Crippen LogP contribution in [0.5, 0.6) is 11.5 Å². The van der Waals surface area contributed by atoms with Gasteiger partial charge in [0.25, 0.3) is 0 Å². The molecule has 0 aliphatic rings. The highest BCUT2D eigenvalue weighted by Gasteiger charge is 1.99. The molecule has 0 spiro atoms. The van der Waals surface area contributed by atoms with Crippen molar-refractivity contribution in [3.05, 3.63) is 23.8 Å². The van der Waals surface area contributed by atoms with Crippen molar-refractivity contribution >= 4 is 0 Å². The van der Waals surface area contributed by atoms with Crippen molar-refractivity contribution in [2.75, 3.05) is 6.61 Å². The monoisotopic (exact) mass is 179 g/mol. The van der Waals surface area contributed by atoms with Crippen LogP contribution < -0.4 is 4.74 Å². The average molecular weight is 179 g/mol. The first-order valence-corrected chi connectivity index (χ1v) is 3.70. The Morgan fingerprint density at radius 3 is 2.77 bits per heavy atom. The van der Waals surface area contributed by atoms with E-state index in [9.17, 15) is 0 Å². The molecule has 1 aromatic rings. The maximum absolute atomic E-state index is 9.15. The van der Waals surface area contributed by atoms with Crippen LogP contribution in [0.1, 0.15) is 5.56 Å². The first kappa shape index (κ1) is 9.36. The molecule has 68 valence electrons. The van der Waals surface area contributed by atoms with Gasteiger partial charge >= 0.3 is 0 Å². The third kappa shape index (κ3) is 2.65. The lowest BCUT2D eigenvalue weighted by Crippen LogP contribution is -1.94. The molecular weight excluding hydrogens is 170 g/mol. The van der Waals surface area contributed by atoms with Gasteiger partial charge in [0, 0.05) is 6.07 Å². The summed E-state index contributed by atoms with van der Waals surface area (Å²) in [5, 5.41) is 26.2. The first-order chi connectivity index (χ1) is 6.26. The van der Waals surface area contributed by atoms with Gasteiger partial charge in [-0.3, -0.25) is 0 Å². The van der Waals surface area contributed by atoms with E-state index in [1.807, 2.05) is 0 Å². The molecule has 0 aliphatic carbocycles. The van der Waals surface area contributed by atoms with E-state index in [0.717, 1.165) is 0 Å². The van der Waals surface area contributed by atoms with Crippen LogP contribution in [-0.2, 0) is 6.61 Å². The van der Waals surface area contributed by atoms with Gasteiger partial charge in [-0.05, 0) is 17.7 Å². The van der Waals surface area contributed by atoms with E-state index in [1.54, 1.807) is 12.1 Å². The Morgan fingerprint density at radius 2 is 2.15 bits per heavy atom. The molecular formula is C9H9NO3. The SMILES string of the molecule is N#CCOc1cc(O)cc(CO)c1. The summed E-state index contributed by atoms with van der Waals surface area (Å²) in [6.45, 7) is -0.244. The summed E-state index contributed by atoms with van der Waals surface area (Å²) in [4.78, 5) is 0. The quantitative estimate of drug-likeness (QED) is 0.719. The van der Waals surface area contributed by atoms with Gasteiger partial charge in [-0.15, -0.1) is 0 Å². The van der Waals surface area contributed by atoms with Gasteiger partial charge in [0.05, 0.1) is 6.61 Å². The second-order valence-electron chi connectivity index (χ2n) is 2.44. The normalized spacial score (nSPS) is 9.23. The molecule has 0 aromatic heterocycles. The number of nitriles is 1. The number of hydrogen-bond acceptors (Lipinski definition) is 4. The van der Waals surface area contributed by atoms with Crippen molar-refractivity contribution in [1.82, 2.24) is 0 Å². The molecule has 4 nitrogen and oxygen atoms in total. The number of phenolic OH excluding ortho intramolecular Hbond substituents is 1. The summed E-state index contributed by atoms with van der Waals surface area (Å²) < 4.78 is 4.95. The lowest BCUT2D eigenvalue weighted by atomic mass is 10.2. The fourth-order valence-electron chi connectivity index (χ4n) is 0.934. The summed E-state index contributed by atoms with van der Waals surface area (Å²) in [6, 6.07) is 6.19. The van der Waals surface area contributed by atoms with E-state index in [0.29, 0.717) is 11.3 Å². The minimum atomic E-state index is -0.169. The van der Waals surface area contributed by atoms with E-state index >= 15 is 0 Å². The number of benzene rings is 1. The highest BCUT2D eigenvalue weighted by atomic mass is 16.5. The minimum absolute atomic E-state index is 0.0134. The smallest absolute Gasteiger partial charge is 0.174 e. The van der Waals surface area contributed by atoms with Crippen LogP contribution in [-0.4, -0.2) is 16.8 Å². The maximum Gasteiger partial charge on any atom is 0.174 e. The number of aromatic hydroxyl groups is 1. The largest absolute Gasteiger partial charge is 0.508 e. The second kappa shape index (κ2) is 4.33. The van der Waals surface area contributed by atoms with Gasteiger partial charge < -0.3 is 14.9 Å². The highest BCUT2D eigenvalue weighted by Crippen LogP contribution is 2.21. The third-order valence-electron chi connectivity index (χ3n) is 1.44. The summed E-state index contributed by atoms with van der Waals surface area (Å²) >= 11 is 0. The molecule has 0 amide bonds. The van der Waals surface area contributed by atoms with Crippen molar-refractivity contribution in [2.24, 2.45) is 0 Å². The van der Waals surface area contributed by atoms with Gasteiger partial charge in [0.1, 0.15) is 17.6 Å². The van der Waals surface area contributed by atoms with Crippen molar-refractivity contribution in [2.45, 2.75) is 6.61 Å². The Balaban J connectivity index is 2.83. The zero-order chi connectivity index (χ0) is 9.68. The van der Waals surface area contributed by atoms with Crippen LogP contribution >= 0.6 is 0 Å². The lowest BCUT2D eigenvalue weighted by Gasteiger charge is -2.04. The van der Waals surface area contributed by atoms with Crippen LogP contribution in [0.25, 0.3) is 0 Å². The van der Waals surface area contributed by atoms with Crippen molar-refractivity contribution in [3.63, 3.8) is 0 Å². The van der Waals surface area contributed by atoms with Gasteiger partial charge in [0.2, 0.25) is 0 Å². The Hall–Kier alpha value is -1.73. The van der Waals surface area contributed by atoms with Crippen molar-refractivity contribution < 1.29 is 14.9 Å². The number of aliphatic hydroxyl groups excluding tert-OH is 1. The number of nitrogens with zero attached hydrogens (tertiary/aromatic N) is 1. The minimum Gasteiger partial charge on any atom is -0.508 e. The van der Waals surface area contributed by atoms with E-state index in [-0.39, 0.29) is 19.0 Å². The molecule has 0 unspecified atom stereocenters. The molecule has 4 heteroatoms. The average Bonchev–Trinajstić information content (AvgIpc) is 2.14. The van der Waals surface area contributed by atoms with Gasteiger partial charge in [-0.25, -0.2) is 0 Å². The molecule has 0 atom stereocenters. The molecule has 0 fully saturated rings. The summed E-state index contributed by atoms with van der Waals surface area (Å²) in [5.41, 5.74) is 0.549. The first-order valence-electron chi connectivity index (χ1n) is 3.70. The topological polar surface area (TPSA) is 73.5 Å². The molecule has 13 heavy (non-hydrogen) atoms. The maximum atomic E-state index is 9.15. The van der Waals surface area contributed by atoms with Crippen LogP contribution in [0.4, 0.5) is 0 Å². The Labute approximate surface area is 75.6 Å². The number of aliphatic hydroxyl groups is 1. The summed E-state index contributed by atoms with van der Waals surface area (Å²) in [6.07, 6.45) is 0. The molecule has 0 radical (unpaired) electrons. The zero-order valence-electron chi connectivity index (χ0n) is 6.90. The molecule has 0 saturated carbocycles. The Kier molecular flexibility index (Phi) is 3.12. The second-order valence-corrected chi connectivity index (χ2v) is 2.44. The highest BCUT2D eigenvalue weighted by molar-refractivity contribution is 5.37. The number of phenols is 1. The zero-order valence-corrected chi connectivity index (χ0v) is 6.90. The predicted molar refractivity (Wildman–Crippen MR) is 45.1 cm³/mol. The standard InChI is InChI=1S/C9H9NO3/c10-1-2-13-9-4-7(6-11)3-8(12)5-9/h3-5,11-12H,2,6H2. The molecule has 1 aromatic carbocycles. The molecule has 0 bridgehead atoms. The van der Waals surface area contributed by atoms with E-state index in [2.05, 4.69) is 0 Å². The fourth-order valence-corrected chi connectivity index (χ4v) is 0.934. The van der Waals surface area contributed by atoms with Gasteiger partial charge in [0.15, 0.2) is 6.61 Å². The third-order valence-corrected chi connectivity index (χ3v) is 1.44. The molecule has 2 N–H and O–H groups in total. The van der Waals surface area contributed by atoms with Crippen molar-refractivity contribution in [3.8, 4) is 17.6 Å². The van der Waals surface area contributed by atoms with Crippen LogP contribution in [0.15, 0.2) is 18.2 Å². The fraction of sp³-hybridized carbons (Fsp3) is 0.222. The van der Waals surface area contributed by atoms with E-state index in [1.165, 1.54) is 12.1 Å². The van der Waals surface area contributed by atoms with E-state index < -0.39 is 0 Å². The van der Waals surface area contributed by atoms with Crippen LogP contribution in [0, 0.1) is 11.3 Å². The number of hydrogen-bond donors (Lipinski definition) is 2. The number of ether oxygens (including phenoxy) is 1. The van der Waals surface area contributed by atoms with Gasteiger partial charge in [-0.2, -0.15) is 5.26 Å². The van der Waals surface area contributed by atoms with Gasteiger partial charge in [-0.1, -0.05) is 0 Å². The Bertz CT molecular complexity index is 330.